The van der Waals surface area contributed by atoms with Gasteiger partial charge >= 0.3 is 11.9 Å². The summed E-state index contributed by atoms with van der Waals surface area (Å²) in [5.74, 6) is -1.82. The average molecular weight is 463 g/mol. The summed E-state index contributed by atoms with van der Waals surface area (Å²) in [6, 6.07) is 4.66. The first-order valence-corrected chi connectivity index (χ1v) is 11.4. The van der Waals surface area contributed by atoms with Gasteiger partial charge in [0.05, 0.1) is 25.3 Å². The molecular weight excluding hydrogens is 435 g/mol. The number of rotatable bonds is 7. The number of thiophene rings is 1. The highest BCUT2D eigenvalue weighted by Gasteiger charge is 2.29. The van der Waals surface area contributed by atoms with Crippen molar-refractivity contribution in [3.63, 3.8) is 0 Å². The van der Waals surface area contributed by atoms with Crippen molar-refractivity contribution >= 4 is 39.9 Å². The number of carbonyl (C=O) groups is 3. The Morgan fingerprint density at radius 2 is 1.88 bits per heavy atom. The minimum atomic E-state index is -0.612. The standard InChI is InChI=1S/C23H27FN2O5S/c1-5-30-22(28)19-14(4)20(23(29)31-6-2)32-21(19)25-18(27)12-26-13(3)7-8-15-11-16(24)9-10-17(15)26/h9-11,13H,5-8,12H2,1-4H3,(H,25,27). The number of halogens is 1. The number of carbonyl (C=O) groups excluding carboxylic acids is 3. The number of amides is 1. The van der Waals surface area contributed by atoms with Gasteiger partial charge in [0.2, 0.25) is 5.91 Å². The van der Waals surface area contributed by atoms with Crippen molar-refractivity contribution in [2.45, 2.75) is 46.6 Å². The Hall–Kier alpha value is -2.94. The van der Waals surface area contributed by atoms with Crippen LogP contribution in [0.3, 0.4) is 0 Å². The Morgan fingerprint density at radius 3 is 2.56 bits per heavy atom. The molecule has 1 aliphatic heterocycles. The first-order chi connectivity index (χ1) is 15.3. The summed E-state index contributed by atoms with van der Waals surface area (Å²) in [6.45, 7) is 7.39. The van der Waals surface area contributed by atoms with Crippen LogP contribution in [0, 0.1) is 12.7 Å². The number of anilines is 2. The molecule has 0 fully saturated rings. The summed E-state index contributed by atoms with van der Waals surface area (Å²) in [5.41, 5.74) is 2.25. The fourth-order valence-corrected chi connectivity index (χ4v) is 4.90. The molecule has 1 unspecified atom stereocenters. The maximum Gasteiger partial charge on any atom is 0.348 e. The van der Waals surface area contributed by atoms with Crippen molar-refractivity contribution in [2.75, 3.05) is 30.0 Å². The van der Waals surface area contributed by atoms with Crippen molar-refractivity contribution in [3.8, 4) is 0 Å². The first-order valence-electron chi connectivity index (χ1n) is 10.6. The zero-order valence-corrected chi connectivity index (χ0v) is 19.4. The van der Waals surface area contributed by atoms with Crippen LogP contribution in [0.5, 0.6) is 0 Å². The number of aryl methyl sites for hydroxylation is 1. The zero-order chi connectivity index (χ0) is 23.4. The maximum atomic E-state index is 13.6. The van der Waals surface area contributed by atoms with E-state index in [0.717, 1.165) is 35.4 Å². The molecule has 9 heteroatoms. The lowest BCUT2D eigenvalue weighted by molar-refractivity contribution is -0.115. The predicted molar refractivity (Wildman–Crippen MR) is 121 cm³/mol. The van der Waals surface area contributed by atoms with E-state index in [1.165, 1.54) is 12.1 Å². The third kappa shape index (κ3) is 4.93. The first kappa shape index (κ1) is 23.7. The second-order valence-corrected chi connectivity index (χ2v) is 8.56. The number of ether oxygens (including phenoxy) is 2. The lowest BCUT2D eigenvalue weighted by Gasteiger charge is -2.36. The number of benzene rings is 1. The lowest BCUT2D eigenvalue weighted by Crippen LogP contribution is -2.42. The molecule has 1 amide bonds. The van der Waals surface area contributed by atoms with Crippen LogP contribution in [0.15, 0.2) is 18.2 Å². The van der Waals surface area contributed by atoms with Crippen LogP contribution in [0.1, 0.15) is 58.3 Å². The van der Waals surface area contributed by atoms with Crippen LogP contribution < -0.4 is 10.2 Å². The highest BCUT2D eigenvalue weighted by molar-refractivity contribution is 7.18. The molecule has 1 atom stereocenters. The molecule has 0 saturated carbocycles. The van der Waals surface area contributed by atoms with Gasteiger partial charge in [-0.1, -0.05) is 0 Å². The minimum absolute atomic E-state index is 0.0216. The number of nitrogens with one attached hydrogen (secondary N) is 1. The Kier molecular flexibility index (Phi) is 7.50. The molecule has 0 spiro atoms. The highest BCUT2D eigenvalue weighted by Crippen LogP contribution is 2.35. The number of esters is 2. The van der Waals surface area contributed by atoms with Gasteiger partial charge in [0.1, 0.15) is 15.7 Å². The second-order valence-electron chi connectivity index (χ2n) is 7.54. The number of fused-ring (bicyclic) bond motifs is 1. The monoisotopic (exact) mass is 462 g/mol. The highest BCUT2D eigenvalue weighted by atomic mass is 32.1. The number of hydrogen-bond donors (Lipinski definition) is 1. The molecule has 2 aromatic rings. The summed E-state index contributed by atoms with van der Waals surface area (Å²) in [6.07, 6.45) is 1.54. The summed E-state index contributed by atoms with van der Waals surface area (Å²) >= 11 is 0.992. The number of hydrogen-bond acceptors (Lipinski definition) is 7. The van der Waals surface area contributed by atoms with E-state index < -0.39 is 11.9 Å². The van der Waals surface area contributed by atoms with E-state index in [1.54, 1.807) is 26.8 Å². The quantitative estimate of drug-likeness (QED) is 0.617. The molecule has 1 aliphatic rings. The molecule has 32 heavy (non-hydrogen) atoms. The molecular formula is C23H27FN2O5S. The van der Waals surface area contributed by atoms with E-state index in [0.29, 0.717) is 5.56 Å². The molecule has 7 nitrogen and oxygen atoms in total. The van der Waals surface area contributed by atoms with Crippen LogP contribution in [0.4, 0.5) is 15.1 Å². The van der Waals surface area contributed by atoms with E-state index in [-0.39, 0.29) is 53.0 Å². The molecule has 1 aromatic carbocycles. The topological polar surface area (TPSA) is 84.9 Å². The third-order valence-corrected chi connectivity index (χ3v) is 6.56. The van der Waals surface area contributed by atoms with Gasteiger partial charge in [0, 0.05) is 11.7 Å². The van der Waals surface area contributed by atoms with Crippen molar-refractivity contribution < 1.29 is 28.2 Å². The van der Waals surface area contributed by atoms with Gasteiger partial charge in [-0.25, -0.2) is 14.0 Å². The minimum Gasteiger partial charge on any atom is -0.462 e. The van der Waals surface area contributed by atoms with Gasteiger partial charge in [0.15, 0.2) is 0 Å². The predicted octanol–water partition coefficient (Wildman–Crippen LogP) is 4.33. The molecule has 1 N–H and O–H groups in total. The van der Waals surface area contributed by atoms with E-state index in [1.807, 2.05) is 11.8 Å². The smallest absolute Gasteiger partial charge is 0.348 e. The van der Waals surface area contributed by atoms with Crippen molar-refractivity contribution in [3.05, 3.63) is 45.6 Å². The number of nitrogens with zero attached hydrogens (tertiary/aromatic N) is 1. The Balaban J connectivity index is 1.86. The van der Waals surface area contributed by atoms with E-state index in [9.17, 15) is 18.8 Å². The average Bonchev–Trinajstić information content (AvgIpc) is 3.06. The van der Waals surface area contributed by atoms with Gasteiger partial charge in [-0.05, 0) is 69.9 Å². The normalized spacial score (nSPS) is 15.2. The van der Waals surface area contributed by atoms with Crippen LogP contribution in [-0.4, -0.2) is 43.6 Å². The molecule has 0 aliphatic carbocycles. The van der Waals surface area contributed by atoms with Gasteiger partial charge in [-0.15, -0.1) is 11.3 Å². The van der Waals surface area contributed by atoms with E-state index >= 15 is 0 Å². The Labute approximate surface area is 190 Å². The summed E-state index contributed by atoms with van der Waals surface area (Å²) < 4.78 is 23.8. The lowest BCUT2D eigenvalue weighted by atomic mass is 9.96. The molecule has 1 aromatic heterocycles. The van der Waals surface area contributed by atoms with Gasteiger partial charge in [0.25, 0.3) is 0 Å². The van der Waals surface area contributed by atoms with Crippen molar-refractivity contribution in [1.82, 2.24) is 0 Å². The maximum absolute atomic E-state index is 13.6. The van der Waals surface area contributed by atoms with Crippen LogP contribution in [0.2, 0.25) is 0 Å². The zero-order valence-electron chi connectivity index (χ0n) is 18.6. The fourth-order valence-electron chi connectivity index (χ4n) is 3.80. The SMILES string of the molecule is CCOC(=O)c1sc(NC(=O)CN2c3ccc(F)cc3CCC2C)c(C(=O)OCC)c1C. The molecule has 0 radical (unpaired) electrons. The largest absolute Gasteiger partial charge is 0.462 e. The van der Waals surface area contributed by atoms with Crippen molar-refractivity contribution in [1.29, 1.82) is 0 Å². The van der Waals surface area contributed by atoms with Gasteiger partial charge in [-0.3, -0.25) is 4.79 Å². The third-order valence-electron chi connectivity index (χ3n) is 5.37. The summed E-state index contributed by atoms with van der Waals surface area (Å²) in [5, 5.41) is 3.02. The van der Waals surface area contributed by atoms with E-state index in [2.05, 4.69) is 5.32 Å². The Morgan fingerprint density at radius 1 is 1.19 bits per heavy atom. The van der Waals surface area contributed by atoms with E-state index in [4.69, 9.17) is 9.47 Å². The van der Waals surface area contributed by atoms with Gasteiger partial charge < -0.3 is 19.7 Å². The van der Waals surface area contributed by atoms with Crippen LogP contribution >= 0.6 is 11.3 Å². The van der Waals surface area contributed by atoms with Gasteiger partial charge in [-0.2, -0.15) is 0 Å². The summed E-state index contributed by atoms with van der Waals surface area (Å²) in [7, 11) is 0. The van der Waals surface area contributed by atoms with Crippen LogP contribution in [-0.2, 0) is 20.7 Å². The van der Waals surface area contributed by atoms with Crippen LogP contribution in [0.25, 0.3) is 0 Å². The summed E-state index contributed by atoms with van der Waals surface area (Å²) in [4.78, 5) is 40.0. The second kappa shape index (κ2) is 10.1. The molecule has 172 valence electrons. The molecule has 0 bridgehead atoms. The Bertz CT molecular complexity index is 1040. The molecule has 0 saturated heterocycles. The molecule has 2 heterocycles. The molecule has 3 rings (SSSR count). The fraction of sp³-hybridized carbons (Fsp3) is 0.435. The van der Waals surface area contributed by atoms with Crippen molar-refractivity contribution in [2.24, 2.45) is 0 Å².